The molecule has 1 unspecified atom stereocenters. The van der Waals surface area contributed by atoms with E-state index in [-0.39, 0.29) is 0 Å². The molecule has 0 saturated carbocycles. The second kappa shape index (κ2) is 9.53. The van der Waals surface area contributed by atoms with Crippen LogP contribution in [0.5, 0.6) is 5.75 Å². The first-order valence-electron chi connectivity index (χ1n) is 8.86. The Kier molecular flexibility index (Phi) is 6.83. The van der Waals surface area contributed by atoms with Gasteiger partial charge in [0.15, 0.2) is 0 Å². The summed E-state index contributed by atoms with van der Waals surface area (Å²) >= 11 is 1.75. The van der Waals surface area contributed by atoms with Gasteiger partial charge in [-0.15, -0.1) is 11.3 Å². The van der Waals surface area contributed by atoms with E-state index < -0.39 is 6.10 Å². The Morgan fingerprint density at radius 2 is 1.73 bits per heavy atom. The lowest BCUT2D eigenvalue weighted by Gasteiger charge is -2.25. The first-order chi connectivity index (χ1) is 12.7. The molecule has 0 aliphatic heterocycles. The Morgan fingerprint density at radius 3 is 2.46 bits per heavy atom. The highest BCUT2D eigenvalue weighted by molar-refractivity contribution is 7.09. The van der Waals surface area contributed by atoms with Gasteiger partial charge in [-0.1, -0.05) is 54.6 Å². The summed E-state index contributed by atoms with van der Waals surface area (Å²) in [5.74, 6) is 0.833. The van der Waals surface area contributed by atoms with E-state index in [1.807, 2.05) is 37.3 Å². The van der Waals surface area contributed by atoms with Gasteiger partial charge in [0, 0.05) is 24.5 Å². The number of para-hydroxylation sites is 1. The summed E-state index contributed by atoms with van der Waals surface area (Å²) in [7, 11) is 0. The van der Waals surface area contributed by atoms with E-state index in [9.17, 15) is 5.11 Å². The minimum absolute atomic E-state index is 0.292. The van der Waals surface area contributed by atoms with Gasteiger partial charge in [0.05, 0.1) is 0 Å². The van der Waals surface area contributed by atoms with Gasteiger partial charge < -0.3 is 9.84 Å². The average Bonchev–Trinajstić information content (AvgIpc) is 3.15. The van der Waals surface area contributed by atoms with Crippen LogP contribution in [0, 0.1) is 6.92 Å². The number of benzene rings is 2. The van der Waals surface area contributed by atoms with Crippen molar-refractivity contribution in [1.82, 2.24) is 4.90 Å². The summed E-state index contributed by atoms with van der Waals surface area (Å²) < 4.78 is 5.81. The molecule has 0 aliphatic rings. The van der Waals surface area contributed by atoms with Crippen LogP contribution in [0.3, 0.4) is 0 Å². The topological polar surface area (TPSA) is 32.7 Å². The van der Waals surface area contributed by atoms with Gasteiger partial charge in [-0.3, -0.25) is 4.90 Å². The summed E-state index contributed by atoms with van der Waals surface area (Å²) in [5.41, 5.74) is 2.33. The predicted octanol–water partition coefficient (Wildman–Crippen LogP) is 4.50. The molecule has 0 saturated heterocycles. The number of aliphatic hydroxyl groups is 1. The molecule has 0 aliphatic carbocycles. The molecule has 1 atom stereocenters. The van der Waals surface area contributed by atoms with E-state index in [1.165, 1.54) is 10.4 Å². The van der Waals surface area contributed by atoms with Gasteiger partial charge >= 0.3 is 0 Å². The molecular formula is C22H25NO2S. The highest BCUT2D eigenvalue weighted by atomic mass is 32.1. The lowest BCUT2D eigenvalue weighted by Crippen LogP contribution is -2.35. The van der Waals surface area contributed by atoms with Gasteiger partial charge in [-0.25, -0.2) is 0 Å². The summed E-state index contributed by atoms with van der Waals surface area (Å²) in [4.78, 5) is 3.57. The summed E-state index contributed by atoms with van der Waals surface area (Å²) in [6.45, 7) is 4.51. The monoisotopic (exact) mass is 367 g/mol. The minimum atomic E-state index is -0.543. The van der Waals surface area contributed by atoms with E-state index in [0.717, 1.165) is 24.4 Å². The van der Waals surface area contributed by atoms with Gasteiger partial charge in [0.2, 0.25) is 0 Å². The van der Waals surface area contributed by atoms with Crippen LogP contribution in [0.2, 0.25) is 0 Å². The van der Waals surface area contributed by atoms with Crippen LogP contribution in [0.25, 0.3) is 0 Å². The fraction of sp³-hybridized carbons (Fsp3) is 0.273. The number of rotatable bonds is 9. The molecule has 3 aromatic rings. The zero-order valence-corrected chi connectivity index (χ0v) is 15.9. The molecule has 0 radical (unpaired) electrons. The molecule has 3 rings (SSSR count). The fourth-order valence-corrected chi connectivity index (χ4v) is 3.65. The first-order valence-corrected chi connectivity index (χ1v) is 9.74. The molecule has 1 N–H and O–H groups in total. The lowest BCUT2D eigenvalue weighted by atomic mass is 10.2. The number of aryl methyl sites for hydroxylation is 1. The van der Waals surface area contributed by atoms with Crippen molar-refractivity contribution in [2.45, 2.75) is 26.1 Å². The van der Waals surface area contributed by atoms with Gasteiger partial charge in [-0.2, -0.15) is 0 Å². The summed E-state index contributed by atoms with van der Waals surface area (Å²) in [5, 5.41) is 12.6. The summed E-state index contributed by atoms with van der Waals surface area (Å²) in [6, 6.07) is 22.5. The van der Waals surface area contributed by atoms with Gasteiger partial charge in [0.25, 0.3) is 0 Å². The van der Waals surface area contributed by atoms with Crippen LogP contribution in [-0.4, -0.2) is 29.3 Å². The number of hydrogen-bond acceptors (Lipinski definition) is 4. The molecule has 3 nitrogen and oxygen atoms in total. The van der Waals surface area contributed by atoms with Crippen molar-refractivity contribution in [2.24, 2.45) is 0 Å². The predicted molar refractivity (Wildman–Crippen MR) is 108 cm³/mol. The average molecular weight is 368 g/mol. The number of nitrogens with zero attached hydrogens (tertiary/aromatic N) is 1. The van der Waals surface area contributed by atoms with E-state index in [1.54, 1.807) is 11.3 Å². The minimum Gasteiger partial charge on any atom is -0.491 e. The second-order valence-electron chi connectivity index (χ2n) is 6.46. The smallest absolute Gasteiger partial charge is 0.122 e. The number of thiophene rings is 1. The Hall–Kier alpha value is -2.14. The van der Waals surface area contributed by atoms with E-state index in [4.69, 9.17) is 4.74 Å². The normalized spacial score (nSPS) is 12.3. The van der Waals surface area contributed by atoms with E-state index >= 15 is 0 Å². The molecule has 0 bridgehead atoms. The van der Waals surface area contributed by atoms with Crippen molar-refractivity contribution in [3.05, 3.63) is 88.1 Å². The van der Waals surface area contributed by atoms with Crippen molar-refractivity contribution in [3.63, 3.8) is 0 Å². The molecule has 4 heteroatoms. The molecular weight excluding hydrogens is 342 g/mol. The Bertz CT molecular complexity index is 774. The van der Waals surface area contributed by atoms with Crippen LogP contribution in [0.1, 0.15) is 16.0 Å². The van der Waals surface area contributed by atoms with Crippen molar-refractivity contribution in [2.75, 3.05) is 13.2 Å². The molecule has 1 aromatic heterocycles. The number of ether oxygens (including phenoxy) is 1. The lowest BCUT2D eigenvalue weighted by molar-refractivity contribution is 0.0630. The number of hydrogen-bond donors (Lipinski definition) is 1. The SMILES string of the molecule is Cc1ccccc1OCC(O)CN(Cc1ccccc1)Cc1cccs1. The summed E-state index contributed by atoms with van der Waals surface area (Å²) in [6.07, 6.45) is -0.543. The standard InChI is InChI=1S/C22H25NO2S/c1-18-8-5-6-12-22(18)25-17-20(24)15-23(16-21-11-7-13-26-21)14-19-9-3-2-4-10-19/h2-13,20,24H,14-17H2,1H3. The molecule has 0 spiro atoms. The highest BCUT2D eigenvalue weighted by Gasteiger charge is 2.14. The van der Waals surface area contributed by atoms with E-state index in [0.29, 0.717) is 13.2 Å². The fourth-order valence-electron chi connectivity index (χ4n) is 2.90. The third-order valence-electron chi connectivity index (χ3n) is 4.20. The van der Waals surface area contributed by atoms with Crippen LogP contribution < -0.4 is 4.74 Å². The van der Waals surface area contributed by atoms with Gasteiger partial charge in [0.1, 0.15) is 18.5 Å². The van der Waals surface area contributed by atoms with Crippen LogP contribution >= 0.6 is 11.3 Å². The van der Waals surface area contributed by atoms with Crippen molar-refractivity contribution in [1.29, 1.82) is 0 Å². The molecule has 0 fully saturated rings. The zero-order valence-electron chi connectivity index (χ0n) is 15.0. The maximum atomic E-state index is 10.5. The second-order valence-corrected chi connectivity index (χ2v) is 7.50. The number of aliphatic hydroxyl groups excluding tert-OH is 1. The maximum Gasteiger partial charge on any atom is 0.122 e. The van der Waals surface area contributed by atoms with Crippen LogP contribution in [0.15, 0.2) is 72.1 Å². The Balaban J connectivity index is 1.59. The molecule has 0 amide bonds. The molecule has 2 aromatic carbocycles. The quantitative estimate of drug-likeness (QED) is 0.604. The zero-order chi connectivity index (χ0) is 18.2. The van der Waals surface area contributed by atoms with Gasteiger partial charge in [-0.05, 0) is 35.6 Å². The van der Waals surface area contributed by atoms with Crippen molar-refractivity contribution >= 4 is 11.3 Å². The van der Waals surface area contributed by atoms with Crippen LogP contribution in [0.4, 0.5) is 0 Å². The third-order valence-corrected chi connectivity index (χ3v) is 5.06. The highest BCUT2D eigenvalue weighted by Crippen LogP contribution is 2.18. The van der Waals surface area contributed by atoms with Crippen molar-refractivity contribution in [3.8, 4) is 5.75 Å². The van der Waals surface area contributed by atoms with Crippen molar-refractivity contribution < 1.29 is 9.84 Å². The molecule has 1 heterocycles. The third kappa shape index (κ3) is 5.70. The maximum absolute atomic E-state index is 10.5. The van der Waals surface area contributed by atoms with E-state index in [2.05, 4.69) is 46.7 Å². The van der Waals surface area contributed by atoms with Crippen LogP contribution in [-0.2, 0) is 13.1 Å². The molecule has 26 heavy (non-hydrogen) atoms. The first kappa shape index (κ1) is 18.6. The Labute approximate surface area is 159 Å². The Morgan fingerprint density at radius 1 is 0.962 bits per heavy atom. The molecule has 136 valence electrons. The largest absolute Gasteiger partial charge is 0.491 e.